The van der Waals surface area contributed by atoms with E-state index in [1.54, 1.807) is 17.4 Å². The van der Waals surface area contributed by atoms with Crippen molar-refractivity contribution in [3.8, 4) is 5.75 Å². The number of thiophene rings is 1. The molecule has 1 heterocycles. The normalized spacial score (nSPS) is 11.6. The van der Waals surface area contributed by atoms with Crippen LogP contribution in [0.3, 0.4) is 0 Å². The number of aryl methyl sites for hydroxylation is 1. The average molecular weight is 367 g/mol. The summed E-state index contributed by atoms with van der Waals surface area (Å²) in [6.45, 7) is 2.24. The third kappa shape index (κ3) is 5.80. The quantitative estimate of drug-likeness (QED) is 0.460. The lowest BCUT2D eigenvalue weighted by atomic mass is 10.3. The van der Waals surface area contributed by atoms with Gasteiger partial charge < -0.3 is 9.47 Å². The molecule has 0 amide bonds. The molecular weight excluding hydrogens is 350 g/mol. The smallest absolute Gasteiger partial charge is 0.330 e. The van der Waals surface area contributed by atoms with Gasteiger partial charge in [-0.25, -0.2) is 18.4 Å². The Bertz CT molecular complexity index is 822. The van der Waals surface area contributed by atoms with Crippen molar-refractivity contribution in [2.75, 3.05) is 13.2 Å². The number of rotatable bonds is 7. The standard InChI is InChI=1S/C16H17NO5S2/c1-12-2-5-14(23-12)6-9-16(18)22-11-10-21-13-3-7-15(8-4-13)24(17,19)20/h2-9H,10-11H2,1H3,(H2,17,19,20)/b9-6+. The Hall–Kier alpha value is -2.16. The van der Waals surface area contributed by atoms with Crippen LogP contribution < -0.4 is 9.88 Å². The van der Waals surface area contributed by atoms with E-state index in [9.17, 15) is 13.2 Å². The molecule has 128 valence electrons. The number of ether oxygens (including phenoxy) is 2. The van der Waals surface area contributed by atoms with Crippen molar-refractivity contribution in [2.24, 2.45) is 5.14 Å². The van der Waals surface area contributed by atoms with Crippen molar-refractivity contribution < 1.29 is 22.7 Å². The molecule has 0 aliphatic rings. The molecule has 0 aliphatic heterocycles. The molecule has 24 heavy (non-hydrogen) atoms. The largest absolute Gasteiger partial charge is 0.490 e. The molecular formula is C16H17NO5S2. The van der Waals surface area contributed by atoms with E-state index in [0.717, 1.165) is 4.88 Å². The van der Waals surface area contributed by atoms with Gasteiger partial charge in [0.15, 0.2) is 0 Å². The van der Waals surface area contributed by atoms with E-state index in [-0.39, 0.29) is 18.1 Å². The molecule has 0 aliphatic carbocycles. The fourth-order valence-corrected chi connectivity index (χ4v) is 3.06. The SMILES string of the molecule is Cc1ccc(/C=C/C(=O)OCCOc2ccc(S(N)(=O)=O)cc2)s1. The summed E-state index contributed by atoms with van der Waals surface area (Å²) in [5.74, 6) is 0.0114. The number of carbonyl (C=O) groups is 1. The van der Waals surface area contributed by atoms with E-state index in [0.29, 0.717) is 5.75 Å². The molecule has 0 saturated carbocycles. The number of hydrogen-bond acceptors (Lipinski definition) is 6. The second-order valence-electron chi connectivity index (χ2n) is 4.81. The van der Waals surface area contributed by atoms with Gasteiger partial charge in [0, 0.05) is 15.8 Å². The maximum atomic E-state index is 11.5. The minimum absolute atomic E-state index is 0.00947. The highest BCUT2D eigenvalue weighted by atomic mass is 32.2. The first-order valence-corrected chi connectivity index (χ1v) is 9.38. The third-order valence-corrected chi connectivity index (χ3v) is 4.79. The summed E-state index contributed by atoms with van der Waals surface area (Å²) in [5.41, 5.74) is 0. The lowest BCUT2D eigenvalue weighted by molar-refractivity contribution is -0.138. The molecule has 8 heteroatoms. The van der Waals surface area contributed by atoms with Crippen LogP contribution in [0.1, 0.15) is 9.75 Å². The van der Waals surface area contributed by atoms with Crippen LogP contribution in [0.15, 0.2) is 47.4 Å². The zero-order valence-corrected chi connectivity index (χ0v) is 14.6. The average Bonchev–Trinajstić information content (AvgIpc) is 2.95. The first kappa shape index (κ1) is 18.2. The Kier molecular flexibility index (Phi) is 6.13. The second-order valence-corrected chi connectivity index (χ2v) is 7.70. The zero-order valence-electron chi connectivity index (χ0n) is 13.0. The summed E-state index contributed by atoms with van der Waals surface area (Å²) in [6, 6.07) is 9.58. The topological polar surface area (TPSA) is 95.7 Å². The predicted octanol–water partition coefficient (Wildman–Crippen LogP) is 2.34. The molecule has 0 spiro atoms. The summed E-state index contributed by atoms with van der Waals surface area (Å²) < 4.78 is 32.6. The molecule has 1 aromatic heterocycles. The van der Waals surface area contributed by atoms with Crippen molar-refractivity contribution in [3.05, 3.63) is 52.2 Å². The predicted molar refractivity (Wildman–Crippen MR) is 92.4 cm³/mol. The van der Waals surface area contributed by atoms with Gasteiger partial charge in [-0.3, -0.25) is 0 Å². The molecule has 0 saturated heterocycles. The van der Waals surface area contributed by atoms with E-state index in [2.05, 4.69) is 0 Å². The highest BCUT2D eigenvalue weighted by molar-refractivity contribution is 7.89. The minimum atomic E-state index is -3.72. The number of carbonyl (C=O) groups excluding carboxylic acids is 1. The Morgan fingerprint density at radius 2 is 1.88 bits per heavy atom. The number of nitrogens with two attached hydrogens (primary N) is 1. The fourth-order valence-electron chi connectivity index (χ4n) is 1.77. The van der Waals surface area contributed by atoms with Crippen LogP contribution in [0.2, 0.25) is 0 Å². The highest BCUT2D eigenvalue weighted by Crippen LogP contribution is 2.16. The first-order valence-electron chi connectivity index (χ1n) is 7.01. The van der Waals surface area contributed by atoms with E-state index >= 15 is 0 Å². The minimum Gasteiger partial charge on any atom is -0.490 e. The monoisotopic (exact) mass is 367 g/mol. The molecule has 0 atom stereocenters. The summed E-state index contributed by atoms with van der Waals surface area (Å²) >= 11 is 1.59. The number of benzene rings is 1. The maximum absolute atomic E-state index is 11.5. The Morgan fingerprint density at radius 3 is 2.46 bits per heavy atom. The van der Waals surface area contributed by atoms with Crippen molar-refractivity contribution in [1.82, 2.24) is 0 Å². The van der Waals surface area contributed by atoms with E-state index in [1.807, 2.05) is 19.1 Å². The van der Waals surface area contributed by atoms with Gasteiger partial charge in [0.1, 0.15) is 19.0 Å². The molecule has 0 radical (unpaired) electrons. The molecule has 2 N–H and O–H groups in total. The molecule has 0 bridgehead atoms. The van der Waals surface area contributed by atoms with Gasteiger partial charge in [0.25, 0.3) is 0 Å². The zero-order chi connectivity index (χ0) is 17.6. The van der Waals surface area contributed by atoms with Gasteiger partial charge in [-0.15, -0.1) is 11.3 Å². The van der Waals surface area contributed by atoms with Gasteiger partial charge in [0.05, 0.1) is 4.90 Å². The van der Waals surface area contributed by atoms with Crippen LogP contribution in [0, 0.1) is 6.92 Å². The lowest BCUT2D eigenvalue weighted by Gasteiger charge is -2.06. The summed E-state index contributed by atoms with van der Waals surface area (Å²) in [5, 5.41) is 5.00. The van der Waals surface area contributed by atoms with Gasteiger partial charge in [-0.05, 0) is 49.4 Å². The summed E-state index contributed by atoms with van der Waals surface area (Å²) in [6.07, 6.45) is 3.07. The first-order chi connectivity index (χ1) is 11.3. The van der Waals surface area contributed by atoms with Gasteiger partial charge in [0.2, 0.25) is 10.0 Å². The molecule has 2 aromatic rings. The van der Waals surface area contributed by atoms with E-state index in [1.165, 1.54) is 35.2 Å². The lowest BCUT2D eigenvalue weighted by Crippen LogP contribution is -2.12. The van der Waals surface area contributed by atoms with Crippen molar-refractivity contribution in [3.63, 3.8) is 0 Å². The van der Waals surface area contributed by atoms with Crippen LogP contribution in [-0.4, -0.2) is 27.6 Å². The number of esters is 1. The van der Waals surface area contributed by atoms with Crippen molar-refractivity contribution >= 4 is 33.4 Å². The molecule has 0 unspecified atom stereocenters. The fraction of sp³-hybridized carbons (Fsp3) is 0.188. The van der Waals surface area contributed by atoms with E-state index in [4.69, 9.17) is 14.6 Å². The molecule has 0 fully saturated rings. The second kappa shape index (κ2) is 8.09. The van der Waals surface area contributed by atoms with Crippen LogP contribution in [0.4, 0.5) is 0 Å². The van der Waals surface area contributed by atoms with Gasteiger partial charge >= 0.3 is 5.97 Å². The van der Waals surface area contributed by atoms with Crippen molar-refractivity contribution in [2.45, 2.75) is 11.8 Å². The van der Waals surface area contributed by atoms with Gasteiger partial charge in [-0.2, -0.15) is 0 Å². The van der Waals surface area contributed by atoms with Crippen LogP contribution in [-0.2, 0) is 19.6 Å². The molecule has 1 aromatic carbocycles. The summed E-state index contributed by atoms with van der Waals surface area (Å²) in [4.78, 5) is 13.7. The number of hydrogen-bond donors (Lipinski definition) is 1. The Labute approximate surface area is 144 Å². The van der Waals surface area contributed by atoms with Gasteiger partial charge in [-0.1, -0.05) is 0 Å². The van der Waals surface area contributed by atoms with Crippen LogP contribution in [0.25, 0.3) is 6.08 Å². The number of primary sulfonamides is 1. The Morgan fingerprint density at radius 1 is 1.17 bits per heavy atom. The molecule has 2 rings (SSSR count). The highest BCUT2D eigenvalue weighted by Gasteiger charge is 2.07. The van der Waals surface area contributed by atoms with E-state index < -0.39 is 16.0 Å². The third-order valence-electron chi connectivity index (χ3n) is 2.89. The van der Waals surface area contributed by atoms with Crippen molar-refractivity contribution in [1.29, 1.82) is 0 Å². The maximum Gasteiger partial charge on any atom is 0.330 e. The summed E-state index contributed by atoms with van der Waals surface area (Å²) in [7, 11) is -3.72. The molecule has 6 nitrogen and oxygen atoms in total. The van der Waals surface area contributed by atoms with Crippen LogP contribution >= 0.6 is 11.3 Å². The van der Waals surface area contributed by atoms with Crippen LogP contribution in [0.5, 0.6) is 5.75 Å². The number of sulfonamides is 1. The Balaban J connectivity index is 1.72.